The summed E-state index contributed by atoms with van der Waals surface area (Å²) >= 11 is 1.20. The number of carbonyl (C=O) groups excluding carboxylic acids is 2. The fraction of sp³-hybridized carbons (Fsp3) is 0.353. The number of furan rings is 1. The van der Waals surface area contributed by atoms with Crippen LogP contribution < -0.4 is 10.6 Å². The van der Waals surface area contributed by atoms with E-state index in [0.717, 1.165) is 18.4 Å². The number of rotatable bonds is 9. The number of aryl methyl sites for hydroxylation is 1. The molecule has 0 saturated carbocycles. The van der Waals surface area contributed by atoms with Crippen LogP contribution in [0.1, 0.15) is 51.5 Å². The van der Waals surface area contributed by atoms with Gasteiger partial charge in [-0.25, -0.2) is 0 Å². The molecule has 0 aliphatic rings. The quantitative estimate of drug-likeness (QED) is 0.592. The van der Waals surface area contributed by atoms with Crippen LogP contribution in [0.25, 0.3) is 0 Å². The first-order chi connectivity index (χ1) is 12.0. The van der Waals surface area contributed by atoms with E-state index in [2.05, 4.69) is 10.6 Å². The second-order valence-electron chi connectivity index (χ2n) is 5.51. The van der Waals surface area contributed by atoms with E-state index in [1.165, 1.54) is 17.6 Å². The first-order valence-corrected chi connectivity index (χ1v) is 8.74. The lowest BCUT2D eigenvalue weighted by atomic mass is 10.2. The summed E-state index contributed by atoms with van der Waals surface area (Å²) in [6.45, 7) is 2.30. The van der Waals surface area contributed by atoms with Gasteiger partial charge in [-0.15, -0.1) is 11.3 Å². The zero-order valence-electron chi connectivity index (χ0n) is 13.8. The van der Waals surface area contributed by atoms with Crippen molar-refractivity contribution in [1.29, 1.82) is 0 Å². The standard InChI is InChI=1S/C17H20N2O5S/c1-11-10-13(19-16(22)12-6-5-9-24-12)25-15(11)17(23)18-8-4-2-3-7-14(20)21/h5-6,9-10H,2-4,7-8H2,1H3,(H,18,23)(H,19,22)(H,20,21). The third kappa shape index (κ3) is 5.75. The number of amides is 2. The van der Waals surface area contributed by atoms with E-state index in [-0.39, 0.29) is 24.0 Å². The van der Waals surface area contributed by atoms with Crippen molar-refractivity contribution in [1.82, 2.24) is 5.32 Å². The van der Waals surface area contributed by atoms with Gasteiger partial charge in [0.2, 0.25) is 0 Å². The van der Waals surface area contributed by atoms with Crippen LogP contribution in [-0.2, 0) is 4.79 Å². The van der Waals surface area contributed by atoms with Gasteiger partial charge in [-0.05, 0) is 43.5 Å². The van der Waals surface area contributed by atoms with Crippen molar-refractivity contribution in [2.24, 2.45) is 0 Å². The topological polar surface area (TPSA) is 109 Å². The minimum Gasteiger partial charge on any atom is -0.481 e. The van der Waals surface area contributed by atoms with Gasteiger partial charge in [-0.1, -0.05) is 6.42 Å². The van der Waals surface area contributed by atoms with Crippen molar-refractivity contribution in [2.45, 2.75) is 32.6 Å². The zero-order chi connectivity index (χ0) is 18.2. The second-order valence-corrected chi connectivity index (χ2v) is 6.57. The molecule has 0 radical (unpaired) electrons. The number of unbranched alkanes of at least 4 members (excludes halogenated alkanes) is 2. The number of aliphatic carboxylic acids is 1. The maximum absolute atomic E-state index is 12.2. The molecule has 0 spiro atoms. The number of hydrogen-bond acceptors (Lipinski definition) is 5. The normalized spacial score (nSPS) is 10.4. The summed E-state index contributed by atoms with van der Waals surface area (Å²) < 4.78 is 5.03. The third-order valence-corrected chi connectivity index (χ3v) is 4.61. The van der Waals surface area contributed by atoms with Gasteiger partial charge in [-0.2, -0.15) is 0 Å². The van der Waals surface area contributed by atoms with Gasteiger partial charge in [-0.3, -0.25) is 14.4 Å². The Hall–Kier alpha value is -2.61. The number of thiophene rings is 1. The van der Waals surface area contributed by atoms with Gasteiger partial charge in [0.15, 0.2) is 5.76 Å². The summed E-state index contributed by atoms with van der Waals surface area (Å²) in [6, 6.07) is 4.94. The first kappa shape index (κ1) is 18.7. The third-order valence-electron chi connectivity index (χ3n) is 3.46. The largest absolute Gasteiger partial charge is 0.481 e. The Labute approximate surface area is 149 Å². The predicted octanol–water partition coefficient (Wildman–Crippen LogP) is 3.28. The molecule has 7 nitrogen and oxygen atoms in total. The van der Waals surface area contributed by atoms with E-state index in [1.807, 2.05) is 0 Å². The molecule has 2 aromatic heterocycles. The van der Waals surface area contributed by atoms with E-state index in [9.17, 15) is 14.4 Å². The van der Waals surface area contributed by atoms with E-state index in [4.69, 9.17) is 9.52 Å². The Bertz CT molecular complexity index is 736. The number of hydrogen-bond donors (Lipinski definition) is 3. The minimum atomic E-state index is -0.803. The molecule has 3 N–H and O–H groups in total. The lowest BCUT2D eigenvalue weighted by molar-refractivity contribution is -0.137. The van der Waals surface area contributed by atoms with Gasteiger partial charge in [0.25, 0.3) is 11.8 Å². The van der Waals surface area contributed by atoms with Crippen molar-refractivity contribution in [3.8, 4) is 0 Å². The molecule has 0 saturated heterocycles. The molecule has 0 atom stereocenters. The fourth-order valence-corrected chi connectivity index (χ4v) is 3.19. The van der Waals surface area contributed by atoms with Gasteiger partial charge in [0, 0.05) is 13.0 Å². The van der Waals surface area contributed by atoms with Crippen LogP contribution in [0.15, 0.2) is 28.9 Å². The molecular weight excluding hydrogens is 344 g/mol. The lowest BCUT2D eigenvalue weighted by Gasteiger charge is -2.04. The van der Waals surface area contributed by atoms with Crippen LogP contribution in [-0.4, -0.2) is 29.4 Å². The summed E-state index contributed by atoms with van der Waals surface area (Å²) in [5, 5.41) is 14.7. The van der Waals surface area contributed by atoms with Gasteiger partial charge >= 0.3 is 5.97 Å². The highest BCUT2D eigenvalue weighted by Crippen LogP contribution is 2.27. The Balaban J connectivity index is 1.81. The molecule has 0 unspecified atom stereocenters. The van der Waals surface area contributed by atoms with E-state index < -0.39 is 5.97 Å². The van der Waals surface area contributed by atoms with Crippen LogP contribution in [0.4, 0.5) is 5.00 Å². The maximum Gasteiger partial charge on any atom is 0.303 e. The van der Waals surface area contributed by atoms with Crippen LogP contribution >= 0.6 is 11.3 Å². The molecular formula is C17H20N2O5S. The number of anilines is 1. The Kier molecular flexibility index (Phi) is 6.76. The molecule has 2 heterocycles. The number of carbonyl (C=O) groups is 3. The Morgan fingerprint density at radius 1 is 1.20 bits per heavy atom. The van der Waals surface area contributed by atoms with Crippen LogP contribution in [0.3, 0.4) is 0 Å². The van der Waals surface area contributed by atoms with Crippen molar-refractivity contribution in [2.75, 3.05) is 11.9 Å². The van der Waals surface area contributed by atoms with Crippen molar-refractivity contribution in [3.05, 3.63) is 40.7 Å². The second kappa shape index (κ2) is 9.03. The van der Waals surface area contributed by atoms with E-state index >= 15 is 0 Å². The Morgan fingerprint density at radius 2 is 2.00 bits per heavy atom. The summed E-state index contributed by atoms with van der Waals surface area (Å²) in [5.74, 6) is -1.16. The molecule has 0 fully saturated rings. The molecule has 0 aromatic carbocycles. The molecule has 25 heavy (non-hydrogen) atoms. The molecule has 2 amide bonds. The summed E-state index contributed by atoms with van der Waals surface area (Å²) in [5.41, 5.74) is 0.781. The minimum absolute atomic E-state index is 0.150. The number of nitrogens with one attached hydrogen (secondary N) is 2. The zero-order valence-corrected chi connectivity index (χ0v) is 14.6. The number of carboxylic acids is 1. The molecule has 0 bridgehead atoms. The summed E-state index contributed by atoms with van der Waals surface area (Å²) in [7, 11) is 0. The van der Waals surface area contributed by atoms with Gasteiger partial charge in [0.05, 0.1) is 16.1 Å². The highest BCUT2D eigenvalue weighted by Gasteiger charge is 2.16. The highest BCUT2D eigenvalue weighted by molar-refractivity contribution is 7.18. The van der Waals surface area contributed by atoms with E-state index in [0.29, 0.717) is 22.8 Å². The lowest BCUT2D eigenvalue weighted by Crippen LogP contribution is -2.24. The molecule has 2 rings (SSSR count). The number of carboxylic acid groups (broad SMARTS) is 1. The first-order valence-electron chi connectivity index (χ1n) is 7.92. The van der Waals surface area contributed by atoms with Crippen molar-refractivity contribution >= 4 is 34.1 Å². The highest BCUT2D eigenvalue weighted by atomic mass is 32.1. The maximum atomic E-state index is 12.2. The summed E-state index contributed by atoms with van der Waals surface area (Å²) in [4.78, 5) is 35.1. The SMILES string of the molecule is Cc1cc(NC(=O)c2ccco2)sc1C(=O)NCCCCCC(=O)O. The average Bonchev–Trinajstić information content (AvgIpc) is 3.20. The molecule has 8 heteroatoms. The molecule has 134 valence electrons. The fourth-order valence-electron chi connectivity index (χ4n) is 2.21. The van der Waals surface area contributed by atoms with Crippen LogP contribution in [0, 0.1) is 6.92 Å². The van der Waals surface area contributed by atoms with Crippen LogP contribution in [0.5, 0.6) is 0 Å². The van der Waals surface area contributed by atoms with Gasteiger partial charge < -0.3 is 20.2 Å². The van der Waals surface area contributed by atoms with Gasteiger partial charge in [0.1, 0.15) is 0 Å². The van der Waals surface area contributed by atoms with Crippen LogP contribution in [0.2, 0.25) is 0 Å². The van der Waals surface area contributed by atoms with Crippen molar-refractivity contribution in [3.63, 3.8) is 0 Å². The molecule has 2 aromatic rings. The molecule has 0 aliphatic heterocycles. The summed E-state index contributed by atoms with van der Waals surface area (Å²) in [6.07, 6.45) is 3.65. The monoisotopic (exact) mass is 364 g/mol. The predicted molar refractivity (Wildman–Crippen MR) is 94.2 cm³/mol. The smallest absolute Gasteiger partial charge is 0.303 e. The van der Waals surface area contributed by atoms with E-state index in [1.54, 1.807) is 25.1 Å². The average molecular weight is 364 g/mol. The molecule has 0 aliphatic carbocycles. The Morgan fingerprint density at radius 3 is 2.68 bits per heavy atom. The van der Waals surface area contributed by atoms with Crippen molar-refractivity contribution < 1.29 is 23.9 Å².